The number of thioether (sulfide) groups is 1. The molecule has 1 aromatic rings. The van der Waals surface area contributed by atoms with Crippen LogP contribution >= 0.6 is 11.8 Å². The summed E-state index contributed by atoms with van der Waals surface area (Å²) in [4.78, 5) is 22.6. The van der Waals surface area contributed by atoms with Gasteiger partial charge in [-0.25, -0.2) is 4.79 Å². The molecule has 0 aromatic heterocycles. The van der Waals surface area contributed by atoms with Crippen LogP contribution in [-0.2, 0) is 16.0 Å². The number of methoxy groups -OCH3 is 1. The third-order valence-electron chi connectivity index (χ3n) is 2.95. The summed E-state index contributed by atoms with van der Waals surface area (Å²) in [5, 5.41) is 11.1. The summed E-state index contributed by atoms with van der Waals surface area (Å²) in [7, 11) is 1.60. The summed E-state index contributed by atoms with van der Waals surface area (Å²) >= 11 is 1.39. The fourth-order valence-electron chi connectivity index (χ4n) is 1.85. The first-order valence-electron chi connectivity index (χ1n) is 5.88. The van der Waals surface area contributed by atoms with E-state index in [1.807, 2.05) is 24.3 Å². The monoisotopic (exact) mass is 281 g/mol. The van der Waals surface area contributed by atoms with Crippen molar-refractivity contribution in [3.63, 3.8) is 0 Å². The minimum atomic E-state index is -0.983. The number of hydrogen-bond acceptors (Lipinski definition) is 4. The SMILES string of the molecule is COc1ccc(C[C@@H]2SC[C@H](C(=O)O)NC2=O)cc1. The third-order valence-corrected chi connectivity index (χ3v) is 4.26. The number of nitrogens with one attached hydrogen (secondary N) is 1. The minimum absolute atomic E-state index is 0.209. The number of carboxylic acids is 1. The first-order valence-corrected chi connectivity index (χ1v) is 6.92. The lowest BCUT2D eigenvalue weighted by Crippen LogP contribution is -2.51. The Morgan fingerprint density at radius 1 is 1.47 bits per heavy atom. The van der Waals surface area contributed by atoms with Crippen LogP contribution in [0.4, 0.5) is 0 Å². The van der Waals surface area contributed by atoms with Crippen molar-refractivity contribution in [3.8, 4) is 5.75 Å². The molecule has 2 rings (SSSR count). The highest BCUT2D eigenvalue weighted by Crippen LogP contribution is 2.23. The number of rotatable bonds is 4. The van der Waals surface area contributed by atoms with Crippen molar-refractivity contribution >= 4 is 23.6 Å². The molecule has 0 bridgehead atoms. The molecule has 0 saturated carbocycles. The van der Waals surface area contributed by atoms with Crippen LogP contribution in [0.5, 0.6) is 5.75 Å². The van der Waals surface area contributed by atoms with Crippen molar-refractivity contribution in [1.82, 2.24) is 5.32 Å². The van der Waals surface area contributed by atoms with Crippen molar-refractivity contribution in [3.05, 3.63) is 29.8 Å². The van der Waals surface area contributed by atoms with E-state index in [9.17, 15) is 9.59 Å². The van der Waals surface area contributed by atoms with Crippen LogP contribution in [0.1, 0.15) is 5.56 Å². The maximum absolute atomic E-state index is 11.8. The van der Waals surface area contributed by atoms with Crippen molar-refractivity contribution in [1.29, 1.82) is 0 Å². The minimum Gasteiger partial charge on any atom is -0.497 e. The van der Waals surface area contributed by atoms with E-state index in [4.69, 9.17) is 9.84 Å². The molecule has 1 fully saturated rings. The van der Waals surface area contributed by atoms with Crippen LogP contribution in [0.25, 0.3) is 0 Å². The fraction of sp³-hybridized carbons (Fsp3) is 0.385. The van der Waals surface area contributed by atoms with Gasteiger partial charge in [-0.05, 0) is 24.1 Å². The Labute approximate surface area is 115 Å². The molecule has 1 aromatic carbocycles. The van der Waals surface area contributed by atoms with Crippen LogP contribution in [0.3, 0.4) is 0 Å². The molecule has 1 saturated heterocycles. The Bertz CT molecular complexity index is 474. The van der Waals surface area contributed by atoms with Crippen LogP contribution < -0.4 is 10.1 Å². The van der Waals surface area contributed by atoms with Gasteiger partial charge >= 0.3 is 5.97 Å². The molecular formula is C13H15NO4S. The molecule has 1 aliphatic heterocycles. The molecule has 6 heteroatoms. The maximum atomic E-state index is 11.8. The van der Waals surface area contributed by atoms with E-state index in [2.05, 4.69) is 5.32 Å². The predicted octanol–water partition coefficient (Wildman–Crippen LogP) is 0.922. The number of ether oxygens (including phenoxy) is 1. The Kier molecular flexibility index (Phi) is 4.31. The highest BCUT2D eigenvalue weighted by molar-refractivity contribution is 8.00. The summed E-state index contributed by atoms with van der Waals surface area (Å²) in [6.07, 6.45) is 0.590. The Morgan fingerprint density at radius 3 is 2.68 bits per heavy atom. The number of benzene rings is 1. The lowest BCUT2D eigenvalue weighted by Gasteiger charge is -2.26. The van der Waals surface area contributed by atoms with Gasteiger partial charge in [0.2, 0.25) is 5.91 Å². The standard InChI is InChI=1S/C13H15NO4S/c1-18-9-4-2-8(3-5-9)6-11-12(15)14-10(7-19-11)13(16)17/h2-5,10-11H,6-7H2,1H3,(H,14,15)(H,16,17)/t10-,11+/m1/s1. The molecule has 1 aliphatic rings. The van der Waals surface area contributed by atoms with E-state index < -0.39 is 12.0 Å². The van der Waals surface area contributed by atoms with Gasteiger partial charge in [0.1, 0.15) is 11.8 Å². The van der Waals surface area contributed by atoms with Gasteiger partial charge in [-0.2, -0.15) is 0 Å². The largest absolute Gasteiger partial charge is 0.497 e. The smallest absolute Gasteiger partial charge is 0.327 e. The lowest BCUT2D eigenvalue weighted by atomic mass is 10.1. The van der Waals surface area contributed by atoms with Gasteiger partial charge in [-0.3, -0.25) is 4.79 Å². The summed E-state index contributed by atoms with van der Waals surface area (Å²) < 4.78 is 5.07. The van der Waals surface area contributed by atoms with Gasteiger partial charge in [-0.1, -0.05) is 12.1 Å². The zero-order valence-electron chi connectivity index (χ0n) is 10.5. The zero-order valence-corrected chi connectivity index (χ0v) is 11.3. The van der Waals surface area contributed by atoms with E-state index in [1.54, 1.807) is 7.11 Å². The fourth-order valence-corrected chi connectivity index (χ4v) is 3.04. The molecule has 102 valence electrons. The predicted molar refractivity (Wildman–Crippen MR) is 72.5 cm³/mol. The van der Waals surface area contributed by atoms with Crippen LogP contribution in [0, 0.1) is 0 Å². The summed E-state index contributed by atoms with van der Waals surface area (Å²) in [6, 6.07) is 6.75. The highest BCUT2D eigenvalue weighted by atomic mass is 32.2. The lowest BCUT2D eigenvalue weighted by molar-refractivity contribution is -0.141. The molecule has 2 atom stereocenters. The van der Waals surface area contributed by atoms with Gasteiger partial charge in [0, 0.05) is 5.75 Å². The molecular weight excluding hydrogens is 266 g/mol. The normalized spacial score (nSPS) is 22.7. The van der Waals surface area contributed by atoms with Crippen molar-refractivity contribution in [2.75, 3.05) is 12.9 Å². The summed E-state index contributed by atoms with van der Waals surface area (Å²) in [5.74, 6) is -0.0133. The van der Waals surface area contributed by atoms with Gasteiger partial charge in [0.25, 0.3) is 0 Å². The van der Waals surface area contributed by atoms with Gasteiger partial charge < -0.3 is 15.2 Å². The van der Waals surface area contributed by atoms with Crippen molar-refractivity contribution < 1.29 is 19.4 Å². The molecule has 0 spiro atoms. The Balaban J connectivity index is 1.96. The second kappa shape index (κ2) is 5.97. The average Bonchev–Trinajstić information content (AvgIpc) is 2.41. The zero-order chi connectivity index (χ0) is 13.8. The highest BCUT2D eigenvalue weighted by Gasteiger charge is 2.32. The number of carbonyl (C=O) groups excluding carboxylic acids is 1. The first kappa shape index (κ1) is 13.7. The van der Waals surface area contributed by atoms with E-state index >= 15 is 0 Å². The molecule has 0 radical (unpaired) electrons. The van der Waals surface area contributed by atoms with Crippen molar-refractivity contribution in [2.24, 2.45) is 0 Å². The average molecular weight is 281 g/mol. The summed E-state index contributed by atoms with van der Waals surface area (Å²) in [5.41, 5.74) is 1.03. The number of aliphatic carboxylic acids is 1. The van der Waals surface area contributed by atoms with Gasteiger partial charge in [0.15, 0.2) is 0 Å². The first-order chi connectivity index (χ1) is 9.10. The molecule has 0 aliphatic carbocycles. The van der Waals surface area contributed by atoms with Gasteiger partial charge in [0.05, 0.1) is 12.4 Å². The molecule has 0 unspecified atom stereocenters. The Morgan fingerprint density at radius 2 is 2.16 bits per heavy atom. The molecule has 5 nitrogen and oxygen atoms in total. The number of hydrogen-bond donors (Lipinski definition) is 2. The second-order valence-electron chi connectivity index (χ2n) is 4.27. The third kappa shape index (κ3) is 3.41. The number of carboxylic acid groups (broad SMARTS) is 1. The topological polar surface area (TPSA) is 75.6 Å². The van der Waals surface area contributed by atoms with Crippen molar-refractivity contribution in [2.45, 2.75) is 17.7 Å². The number of amides is 1. The Hall–Kier alpha value is -1.69. The van der Waals surface area contributed by atoms with Crippen LogP contribution in [0.2, 0.25) is 0 Å². The quantitative estimate of drug-likeness (QED) is 0.858. The molecule has 2 N–H and O–H groups in total. The van der Waals surface area contributed by atoms with E-state index in [0.717, 1.165) is 11.3 Å². The molecule has 1 amide bonds. The second-order valence-corrected chi connectivity index (χ2v) is 5.51. The van der Waals surface area contributed by atoms with E-state index in [1.165, 1.54) is 11.8 Å². The van der Waals surface area contributed by atoms with Crippen LogP contribution in [-0.4, -0.2) is 41.1 Å². The number of carbonyl (C=O) groups is 2. The van der Waals surface area contributed by atoms with E-state index in [0.29, 0.717) is 12.2 Å². The maximum Gasteiger partial charge on any atom is 0.327 e. The molecule has 1 heterocycles. The van der Waals surface area contributed by atoms with E-state index in [-0.39, 0.29) is 11.2 Å². The molecule has 19 heavy (non-hydrogen) atoms. The summed E-state index contributed by atoms with van der Waals surface area (Å²) in [6.45, 7) is 0. The van der Waals surface area contributed by atoms with Gasteiger partial charge in [-0.15, -0.1) is 11.8 Å². The van der Waals surface area contributed by atoms with Crippen LogP contribution in [0.15, 0.2) is 24.3 Å².